The monoisotopic (exact) mass is 254 g/mol. The van der Waals surface area contributed by atoms with Crippen LogP contribution in [0.1, 0.15) is 23.2 Å². The van der Waals surface area contributed by atoms with Crippen LogP contribution < -0.4 is 10.1 Å². The molecule has 0 fully saturated rings. The van der Waals surface area contributed by atoms with Crippen molar-refractivity contribution in [2.24, 2.45) is 0 Å². The Labute approximate surface area is 113 Å². The Morgan fingerprint density at radius 3 is 2.95 bits per heavy atom. The van der Waals surface area contributed by atoms with Gasteiger partial charge in [-0.05, 0) is 54.7 Å². The lowest BCUT2D eigenvalue weighted by atomic mass is 10.1. The van der Waals surface area contributed by atoms with Gasteiger partial charge < -0.3 is 10.1 Å². The number of fused-ring (bicyclic) bond motifs is 1. The number of benzene rings is 1. The van der Waals surface area contributed by atoms with E-state index in [1.165, 1.54) is 30.4 Å². The highest BCUT2D eigenvalue weighted by Crippen LogP contribution is 2.26. The number of nitrogens with zero attached hydrogens (tertiary/aromatic N) is 1. The molecule has 1 aromatic carbocycles. The van der Waals surface area contributed by atoms with Gasteiger partial charge >= 0.3 is 0 Å². The first-order chi connectivity index (χ1) is 9.35. The first kappa shape index (κ1) is 12.0. The summed E-state index contributed by atoms with van der Waals surface area (Å²) in [6.07, 6.45) is 3.66. The van der Waals surface area contributed by atoms with E-state index >= 15 is 0 Å². The molecule has 1 aliphatic rings. The van der Waals surface area contributed by atoms with E-state index in [9.17, 15) is 0 Å². The van der Waals surface area contributed by atoms with Crippen molar-refractivity contribution in [1.82, 2.24) is 4.98 Å². The van der Waals surface area contributed by atoms with E-state index in [2.05, 4.69) is 28.5 Å². The zero-order chi connectivity index (χ0) is 13.1. The Morgan fingerprint density at radius 2 is 2.05 bits per heavy atom. The predicted molar refractivity (Wildman–Crippen MR) is 76.6 cm³/mol. The first-order valence-corrected chi connectivity index (χ1v) is 6.73. The summed E-state index contributed by atoms with van der Waals surface area (Å²) in [5, 5.41) is 3.03. The van der Waals surface area contributed by atoms with Crippen molar-refractivity contribution in [2.75, 3.05) is 12.4 Å². The van der Waals surface area contributed by atoms with Gasteiger partial charge in [0.05, 0.1) is 5.69 Å². The standard InChI is InChI=1S/C16H18N2O/c1-17-16-7-3-6-14(18-16)11-19-15-9-8-12-4-2-5-13(12)10-15/h3,6-10H,2,4-5,11H2,1H3,(H,17,18). The molecule has 0 radical (unpaired) electrons. The molecule has 0 saturated heterocycles. The molecular weight excluding hydrogens is 236 g/mol. The minimum Gasteiger partial charge on any atom is -0.487 e. The van der Waals surface area contributed by atoms with Gasteiger partial charge in [0.25, 0.3) is 0 Å². The summed E-state index contributed by atoms with van der Waals surface area (Å²) in [5.74, 6) is 1.81. The summed E-state index contributed by atoms with van der Waals surface area (Å²) in [4.78, 5) is 4.44. The molecule has 0 bridgehead atoms. The molecule has 1 aliphatic carbocycles. The second kappa shape index (κ2) is 5.31. The highest BCUT2D eigenvalue weighted by atomic mass is 16.5. The molecule has 2 aromatic rings. The molecule has 0 saturated carbocycles. The van der Waals surface area contributed by atoms with Gasteiger partial charge in [-0.25, -0.2) is 4.98 Å². The molecule has 0 spiro atoms. The summed E-state index contributed by atoms with van der Waals surface area (Å²) in [5.41, 5.74) is 3.85. The van der Waals surface area contributed by atoms with Crippen molar-refractivity contribution in [1.29, 1.82) is 0 Å². The van der Waals surface area contributed by atoms with E-state index in [4.69, 9.17) is 4.74 Å². The van der Waals surface area contributed by atoms with Gasteiger partial charge in [0.2, 0.25) is 0 Å². The van der Waals surface area contributed by atoms with E-state index in [-0.39, 0.29) is 0 Å². The number of rotatable bonds is 4. The smallest absolute Gasteiger partial charge is 0.130 e. The zero-order valence-electron chi connectivity index (χ0n) is 11.1. The van der Waals surface area contributed by atoms with Gasteiger partial charge in [-0.2, -0.15) is 0 Å². The lowest BCUT2D eigenvalue weighted by molar-refractivity contribution is 0.301. The van der Waals surface area contributed by atoms with Crippen LogP contribution in [0.2, 0.25) is 0 Å². The average molecular weight is 254 g/mol. The molecular formula is C16H18N2O. The molecule has 0 amide bonds. The number of hydrogen-bond donors (Lipinski definition) is 1. The Morgan fingerprint density at radius 1 is 1.16 bits per heavy atom. The van der Waals surface area contributed by atoms with Crippen molar-refractivity contribution in [3.63, 3.8) is 0 Å². The molecule has 3 nitrogen and oxygen atoms in total. The minimum absolute atomic E-state index is 0.508. The van der Waals surface area contributed by atoms with Crippen LogP contribution in [0.15, 0.2) is 36.4 Å². The minimum atomic E-state index is 0.508. The van der Waals surface area contributed by atoms with Gasteiger partial charge in [0.15, 0.2) is 0 Å². The van der Waals surface area contributed by atoms with Crippen LogP contribution >= 0.6 is 0 Å². The first-order valence-electron chi connectivity index (χ1n) is 6.73. The summed E-state index contributed by atoms with van der Waals surface area (Å²) >= 11 is 0. The topological polar surface area (TPSA) is 34.1 Å². The van der Waals surface area contributed by atoms with E-state index in [0.717, 1.165) is 17.3 Å². The molecule has 3 heteroatoms. The van der Waals surface area contributed by atoms with Crippen molar-refractivity contribution in [3.05, 3.63) is 53.2 Å². The Hall–Kier alpha value is -2.03. The third-order valence-corrected chi connectivity index (χ3v) is 3.52. The fraction of sp³-hybridized carbons (Fsp3) is 0.312. The number of hydrogen-bond acceptors (Lipinski definition) is 3. The number of pyridine rings is 1. The van der Waals surface area contributed by atoms with Crippen LogP contribution in [-0.2, 0) is 19.4 Å². The van der Waals surface area contributed by atoms with Gasteiger partial charge in [-0.3, -0.25) is 0 Å². The third-order valence-electron chi connectivity index (χ3n) is 3.52. The van der Waals surface area contributed by atoms with Gasteiger partial charge in [-0.1, -0.05) is 12.1 Å². The quantitative estimate of drug-likeness (QED) is 0.909. The molecule has 1 aromatic heterocycles. The molecule has 1 heterocycles. The molecule has 98 valence electrons. The summed E-state index contributed by atoms with van der Waals surface area (Å²) in [6.45, 7) is 0.508. The maximum Gasteiger partial charge on any atom is 0.130 e. The maximum atomic E-state index is 5.83. The fourth-order valence-corrected chi connectivity index (χ4v) is 2.49. The maximum absolute atomic E-state index is 5.83. The van der Waals surface area contributed by atoms with E-state index in [1.807, 2.05) is 25.2 Å². The largest absolute Gasteiger partial charge is 0.487 e. The Kier molecular flexibility index (Phi) is 3.36. The van der Waals surface area contributed by atoms with Crippen LogP contribution in [0, 0.1) is 0 Å². The van der Waals surface area contributed by atoms with Crippen LogP contribution in [-0.4, -0.2) is 12.0 Å². The van der Waals surface area contributed by atoms with Crippen molar-refractivity contribution in [3.8, 4) is 5.75 Å². The van der Waals surface area contributed by atoms with Crippen molar-refractivity contribution < 1.29 is 4.74 Å². The summed E-state index contributed by atoms with van der Waals surface area (Å²) in [6, 6.07) is 12.3. The fourth-order valence-electron chi connectivity index (χ4n) is 2.49. The molecule has 3 rings (SSSR count). The zero-order valence-corrected chi connectivity index (χ0v) is 11.1. The molecule has 0 aliphatic heterocycles. The number of ether oxygens (including phenoxy) is 1. The van der Waals surface area contributed by atoms with Crippen LogP contribution in [0.3, 0.4) is 0 Å². The van der Waals surface area contributed by atoms with E-state index in [1.54, 1.807) is 0 Å². The second-order valence-electron chi connectivity index (χ2n) is 4.84. The third kappa shape index (κ3) is 2.70. The van der Waals surface area contributed by atoms with Gasteiger partial charge in [-0.15, -0.1) is 0 Å². The second-order valence-corrected chi connectivity index (χ2v) is 4.84. The summed E-state index contributed by atoms with van der Waals surface area (Å²) < 4.78 is 5.83. The lowest BCUT2D eigenvalue weighted by Gasteiger charge is -2.08. The number of aromatic nitrogens is 1. The SMILES string of the molecule is CNc1cccc(COc2ccc3c(c2)CCC3)n1. The highest BCUT2D eigenvalue weighted by molar-refractivity contribution is 5.38. The van der Waals surface area contributed by atoms with Gasteiger partial charge in [0.1, 0.15) is 18.2 Å². The predicted octanol–water partition coefficient (Wildman–Crippen LogP) is 3.19. The van der Waals surface area contributed by atoms with Crippen molar-refractivity contribution in [2.45, 2.75) is 25.9 Å². The molecule has 19 heavy (non-hydrogen) atoms. The highest BCUT2D eigenvalue weighted by Gasteiger charge is 2.11. The van der Waals surface area contributed by atoms with E-state index in [0.29, 0.717) is 6.61 Å². The van der Waals surface area contributed by atoms with Crippen LogP contribution in [0.5, 0.6) is 5.75 Å². The molecule has 0 unspecified atom stereocenters. The normalized spacial score (nSPS) is 13.1. The Bertz CT molecular complexity index is 581. The van der Waals surface area contributed by atoms with Crippen LogP contribution in [0.4, 0.5) is 5.82 Å². The van der Waals surface area contributed by atoms with E-state index < -0.39 is 0 Å². The lowest BCUT2D eigenvalue weighted by Crippen LogP contribution is -2.01. The summed E-state index contributed by atoms with van der Waals surface area (Å²) in [7, 11) is 1.87. The number of nitrogens with one attached hydrogen (secondary N) is 1. The molecule has 0 atom stereocenters. The van der Waals surface area contributed by atoms with Gasteiger partial charge in [0, 0.05) is 7.05 Å². The average Bonchev–Trinajstić information content (AvgIpc) is 2.93. The van der Waals surface area contributed by atoms with Crippen LogP contribution in [0.25, 0.3) is 0 Å². The number of aryl methyl sites for hydroxylation is 2. The Balaban J connectivity index is 1.68. The molecule has 1 N–H and O–H groups in total. The van der Waals surface area contributed by atoms with Crippen molar-refractivity contribution >= 4 is 5.82 Å². The number of anilines is 1.